The van der Waals surface area contributed by atoms with Crippen LogP contribution in [0.1, 0.15) is 5.56 Å². The van der Waals surface area contributed by atoms with Crippen molar-refractivity contribution in [3.63, 3.8) is 0 Å². The Morgan fingerprint density at radius 1 is 1.50 bits per heavy atom. The summed E-state index contributed by atoms with van der Waals surface area (Å²) in [7, 11) is 0. The maximum atomic E-state index is 10.5. The van der Waals surface area contributed by atoms with Gasteiger partial charge < -0.3 is 16.2 Å². The smallest absolute Gasteiger partial charge is 0.270 e. The highest BCUT2D eigenvalue weighted by atomic mass is 16.6. The molecule has 1 aromatic carbocycles. The van der Waals surface area contributed by atoms with Crippen LogP contribution in [0.5, 0.6) is 5.75 Å². The van der Waals surface area contributed by atoms with E-state index in [0.29, 0.717) is 11.3 Å². The second kappa shape index (κ2) is 5.08. The van der Waals surface area contributed by atoms with E-state index in [1.54, 1.807) is 0 Å². The number of hydrogen-bond acceptors (Lipinski definition) is 5. The zero-order valence-corrected chi connectivity index (χ0v) is 8.38. The van der Waals surface area contributed by atoms with Crippen molar-refractivity contribution in [1.82, 2.24) is 0 Å². The monoisotopic (exact) mass is 225 g/mol. The molecule has 1 aromatic rings. The number of nitro groups is 1. The Balaban J connectivity index is 2.93. The van der Waals surface area contributed by atoms with Gasteiger partial charge in [-0.1, -0.05) is 0 Å². The highest BCUT2D eigenvalue weighted by Gasteiger charge is 2.11. The molecule has 0 saturated carbocycles. The fourth-order valence-corrected chi connectivity index (χ4v) is 1.13. The van der Waals surface area contributed by atoms with Crippen molar-refractivity contribution in [2.75, 3.05) is 6.61 Å². The van der Waals surface area contributed by atoms with Crippen LogP contribution in [0.15, 0.2) is 18.2 Å². The molecule has 16 heavy (non-hydrogen) atoms. The van der Waals surface area contributed by atoms with E-state index < -0.39 is 10.8 Å². The molecule has 0 saturated heterocycles. The Hall–Kier alpha value is -2.15. The van der Waals surface area contributed by atoms with E-state index in [1.807, 2.05) is 0 Å². The molecular weight excluding hydrogens is 214 g/mol. The minimum absolute atomic E-state index is 0.0770. The van der Waals surface area contributed by atoms with Crippen molar-refractivity contribution in [3.8, 4) is 5.75 Å². The van der Waals surface area contributed by atoms with E-state index in [-0.39, 0.29) is 18.8 Å². The molecule has 0 atom stereocenters. The number of carbonyl (C=O) groups is 1. The van der Waals surface area contributed by atoms with Crippen molar-refractivity contribution in [2.24, 2.45) is 11.5 Å². The van der Waals surface area contributed by atoms with Crippen LogP contribution in [-0.4, -0.2) is 17.4 Å². The molecule has 0 aliphatic rings. The van der Waals surface area contributed by atoms with Gasteiger partial charge in [0.15, 0.2) is 6.61 Å². The summed E-state index contributed by atoms with van der Waals surface area (Å²) in [6.07, 6.45) is 0. The number of nitro benzene ring substituents is 1. The van der Waals surface area contributed by atoms with Gasteiger partial charge in [0, 0.05) is 24.2 Å². The Labute approximate surface area is 91.1 Å². The fourth-order valence-electron chi connectivity index (χ4n) is 1.13. The molecule has 0 bridgehead atoms. The van der Waals surface area contributed by atoms with Crippen LogP contribution in [-0.2, 0) is 11.3 Å². The number of nitrogens with two attached hydrogens (primary N) is 2. The van der Waals surface area contributed by atoms with Gasteiger partial charge in [-0.2, -0.15) is 0 Å². The second-order valence-corrected chi connectivity index (χ2v) is 3.01. The van der Waals surface area contributed by atoms with E-state index in [0.717, 1.165) is 0 Å². The zero-order valence-electron chi connectivity index (χ0n) is 8.38. The highest BCUT2D eigenvalue weighted by molar-refractivity contribution is 5.75. The lowest BCUT2D eigenvalue weighted by Gasteiger charge is -2.08. The molecule has 0 radical (unpaired) electrons. The topological polar surface area (TPSA) is 121 Å². The quantitative estimate of drug-likeness (QED) is 0.536. The number of amides is 1. The Morgan fingerprint density at radius 3 is 2.69 bits per heavy atom. The van der Waals surface area contributed by atoms with Gasteiger partial charge in [-0.25, -0.2) is 0 Å². The first-order valence-corrected chi connectivity index (χ1v) is 4.43. The number of hydrogen-bond donors (Lipinski definition) is 2. The van der Waals surface area contributed by atoms with Crippen LogP contribution < -0.4 is 16.2 Å². The summed E-state index contributed by atoms with van der Waals surface area (Å²) >= 11 is 0. The average Bonchev–Trinajstić information content (AvgIpc) is 2.25. The number of benzene rings is 1. The molecule has 0 fully saturated rings. The van der Waals surface area contributed by atoms with Crippen molar-refractivity contribution >= 4 is 11.6 Å². The van der Waals surface area contributed by atoms with E-state index in [4.69, 9.17) is 16.2 Å². The lowest BCUT2D eigenvalue weighted by atomic mass is 10.2. The van der Waals surface area contributed by atoms with Crippen LogP contribution >= 0.6 is 0 Å². The van der Waals surface area contributed by atoms with Crippen LogP contribution in [0, 0.1) is 10.1 Å². The minimum atomic E-state index is -0.624. The van der Waals surface area contributed by atoms with Crippen LogP contribution in [0.2, 0.25) is 0 Å². The van der Waals surface area contributed by atoms with Crippen molar-refractivity contribution in [2.45, 2.75) is 6.54 Å². The first-order valence-electron chi connectivity index (χ1n) is 4.43. The number of ether oxygens (including phenoxy) is 1. The molecule has 86 valence electrons. The van der Waals surface area contributed by atoms with Gasteiger partial charge in [-0.05, 0) is 6.07 Å². The average molecular weight is 225 g/mol. The van der Waals surface area contributed by atoms with Crippen LogP contribution in [0.3, 0.4) is 0 Å². The molecular formula is C9H11N3O4. The Morgan fingerprint density at radius 2 is 2.19 bits per heavy atom. The van der Waals surface area contributed by atoms with E-state index in [9.17, 15) is 14.9 Å². The number of nitrogens with zero attached hydrogens (tertiary/aromatic N) is 1. The van der Waals surface area contributed by atoms with Gasteiger partial charge in [0.2, 0.25) is 0 Å². The van der Waals surface area contributed by atoms with E-state index in [1.165, 1.54) is 18.2 Å². The summed E-state index contributed by atoms with van der Waals surface area (Å²) in [4.78, 5) is 20.5. The summed E-state index contributed by atoms with van der Waals surface area (Å²) in [6, 6.07) is 3.97. The predicted molar refractivity (Wildman–Crippen MR) is 55.7 cm³/mol. The maximum absolute atomic E-state index is 10.5. The lowest BCUT2D eigenvalue weighted by Crippen LogP contribution is -2.20. The van der Waals surface area contributed by atoms with Crippen molar-refractivity contribution in [3.05, 3.63) is 33.9 Å². The first kappa shape index (κ1) is 11.9. The number of rotatable bonds is 5. The molecule has 1 rings (SSSR count). The van der Waals surface area contributed by atoms with Crippen LogP contribution in [0.4, 0.5) is 5.69 Å². The largest absolute Gasteiger partial charge is 0.483 e. The maximum Gasteiger partial charge on any atom is 0.270 e. The van der Waals surface area contributed by atoms with Crippen LogP contribution in [0.25, 0.3) is 0 Å². The van der Waals surface area contributed by atoms with Gasteiger partial charge in [-0.15, -0.1) is 0 Å². The molecule has 0 aliphatic heterocycles. The van der Waals surface area contributed by atoms with Gasteiger partial charge in [0.25, 0.3) is 11.6 Å². The highest BCUT2D eigenvalue weighted by Crippen LogP contribution is 2.23. The number of non-ortho nitro benzene ring substituents is 1. The molecule has 0 heterocycles. The molecule has 0 aromatic heterocycles. The summed E-state index contributed by atoms with van der Waals surface area (Å²) in [5, 5.41) is 10.5. The SMILES string of the molecule is NCc1cc([N+](=O)[O-])ccc1OCC(N)=O. The summed E-state index contributed by atoms with van der Waals surface area (Å²) in [6.45, 7) is -0.208. The van der Waals surface area contributed by atoms with Gasteiger partial charge in [0.1, 0.15) is 5.75 Å². The fraction of sp³-hybridized carbons (Fsp3) is 0.222. The molecule has 4 N–H and O–H groups in total. The molecule has 0 aliphatic carbocycles. The molecule has 7 heteroatoms. The molecule has 1 amide bonds. The Kier molecular flexibility index (Phi) is 3.78. The van der Waals surface area contributed by atoms with Gasteiger partial charge in [-0.3, -0.25) is 14.9 Å². The number of primary amides is 1. The Bertz CT molecular complexity index is 419. The number of carbonyl (C=O) groups excluding carboxylic acids is 1. The molecule has 7 nitrogen and oxygen atoms in total. The van der Waals surface area contributed by atoms with Gasteiger partial charge >= 0.3 is 0 Å². The summed E-state index contributed by atoms with van der Waals surface area (Å²) < 4.78 is 5.05. The zero-order chi connectivity index (χ0) is 12.1. The minimum Gasteiger partial charge on any atom is -0.483 e. The summed E-state index contributed by atoms with van der Waals surface area (Å²) in [5.41, 5.74) is 10.7. The lowest BCUT2D eigenvalue weighted by molar-refractivity contribution is -0.384. The third-order valence-corrected chi connectivity index (χ3v) is 1.84. The van der Waals surface area contributed by atoms with E-state index in [2.05, 4.69) is 0 Å². The normalized spacial score (nSPS) is 9.81. The van der Waals surface area contributed by atoms with E-state index >= 15 is 0 Å². The third-order valence-electron chi connectivity index (χ3n) is 1.84. The van der Waals surface area contributed by atoms with Crippen molar-refractivity contribution < 1.29 is 14.5 Å². The van der Waals surface area contributed by atoms with Crippen molar-refractivity contribution in [1.29, 1.82) is 0 Å². The summed E-state index contributed by atoms with van der Waals surface area (Å²) in [5.74, 6) is -0.298. The first-order chi connectivity index (χ1) is 7.54. The molecule has 0 spiro atoms. The standard InChI is InChI=1S/C9H11N3O4/c10-4-6-3-7(12(14)15)1-2-8(6)16-5-9(11)13/h1-3H,4-5,10H2,(H2,11,13). The predicted octanol–water partition coefficient (Wildman–Crippen LogP) is -0.0824. The molecule has 0 unspecified atom stereocenters. The second-order valence-electron chi connectivity index (χ2n) is 3.01. The third kappa shape index (κ3) is 2.92. The van der Waals surface area contributed by atoms with Gasteiger partial charge in [0.05, 0.1) is 4.92 Å².